The molecule has 0 bridgehead atoms. The number of hydrogen-bond donors (Lipinski definition) is 2. The van der Waals surface area contributed by atoms with Gasteiger partial charge in [0.25, 0.3) is 0 Å². The first-order chi connectivity index (χ1) is 17.0. The van der Waals surface area contributed by atoms with E-state index in [-0.39, 0.29) is 5.75 Å². The number of rotatable bonds is 18. The number of hydrogen-bond acceptors (Lipinski definition) is 4. The third kappa shape index (κ3) is 13.2. The number of nitrogen functional groups attached to an aromatic ring is 1. The number of anilines is 1. The molecular weight excluding hydrogens is 456 g/mol. The van der Waals surface area contributed by atoms with Gasteiger partial charge in [0.2, 0.25) is 10.0 Å². The van der Waals surface area contributed by atoms with Gasteiger partial charge in [0.1, 0.15) is 0 Å². The summed E-state index contributed by atoms with van der Waals surface area (Å²) in [5.41, 5.74) is 7.47. The quantitative estimate of drug-likeness (QED) is 0.0752. The van der Waals surface area contributed by atoms with Crippen LogP contribution in [0.5, 0.6) is 0 Å². The van der Waals surface area contributed by atoms with Gasteiger partial charge in [-0.05, 0) is 37.8 Å². The van der Waals surface area contributed by atoms with Crippen molar-refractivity contribution < 1.29 is 8.42 Å². The van der Waals surface area contributed by atoms with Gasteiger partial charge < -0.3 is 10.6 Å². The van der Waals surface area contributed by atoms with Gasteiger partial charge in [-0.25, -0.2) is 13.2 Å². The molecule has 0 amide bonds. The monoisotopic (exact) mass is 506 g/mol. The fourth-order valence-corrected chi connectivity index (χ4v) is 5.65. The Labute approximate surface area is 215 Å². The molecule has 35 heavy (non-hydrogen) atoms. The summed E-state index contributed by atoms with van der Waals surface area (Å²) in [4.78, 5) is 4.66. The maximum absolute atomic E-state index is 12.6. The minimum Gasteiger partial charge on any atom is -0.399 e. The summed E-state index contributed by atoms with van der Waals surface area (Å²) in [6.45, 7) is 4.03. The van der Waals surface area contributed by atoms with Crippen molar-refractivity contribution in [3.63, 3.8) is 0 Å². The topological polar surface area (TPSA) is 87.8 Å². The minimum absolute atomic E-state index is 0.124. The molecular formula is C28H50N4O2S. The highest BCUT2D eigenvalue weighted by molar-refractivity contribution is 7.89. The zero-order valence-electron chi connectivity index (χ0n) is 22.1. The number of benzene rings is 1. The first-order valence-corrected chi connectivity index (χ1v) is 15.8. The van der Waals surface area contributed by atoms with Crippen molar-refractivity contribution in [1.82, 2.24) is 9.73 Å². The molecule has 0 unspecified atom stereocenters. The maximum atomic E-state index is 12.6. The Bertz CT molecular complexity index is 820. The second-order valence-electron chi connectivity index (χ2n) is 10.1. The molecule has 0 spiro atoms. The molecule has 0 aliphatic carbocycles. The van der Waals surface area contributed by atoms with Crippen LogP contribution in [0.3, 0.4) is 0 Å². The molecule has 2 rings (SSSR count). The van der Waals surface area contributed by atoms with E-state index in [9.17, 15) is 8.42 Å². The van der Waals surface area contributed by atoms with Crippen LogP contribution in [0.1, 0.15) is 122 Å². The zero-order chi connectivity index (χ0) is 25.2. The lowest BCUT2D eigenvalue weighted by atomic mass is 10.0. The van der Waals surface area contributed by atoms with Crippen LogP contribution in [0.4, 0.5) is 5.69 Å². The van der Waals surface area contributed by atoms with E-state index in [0.717, 1.165) is 44.3 Å². The molecule has 3 N–H and O–H groups in total. The first-order valence-electron chi connectivity index (χ1n) is 14.2. The van der Waals surface area contributed by atoms with E-state index < -0.39 is 10.0 Å². The van der Waals surface area contributed by atoms with Crippen molar-refractivity contribution in [2.45, 2.75) is 116 Å². The SMILES string of the molecule is CCCCCCCCCCCCCCCCS(=O)(=O)N/N=C(\c1cccc(N)c1)N1CCCCC1. The van der Waals surface area contributed by atoms with Crippen molar-refractivity contribution >= 4 is 21.5 Å². The molecule has 0 saturated carbocycles. The van der Waals surface area contributed by atoms with E-state index in [0.29, 0.717) is 17.9 Å². The largest absolute Gasteiger partial charge is 0.399 e. The van der Waals surface area contributed by atoms with Crippen molar-refractivity contribution in [2.75, 3.05) is 24.6 Å². The summed E-state index contributed by atoms with van der Waals surface area (Å²) in [5.74, 6) is 0.792. The normalized spacial score (nSPS) is 14.9. The third-order valence-electron chi connectivity index (χ3n) is 6.86. The molecule has 0 aromatic heterocycles. The lowest BCUT2D eigenvalue weighted by Crippen LogP contribution is -2.38. The van der Waals surface area contributed by atoms with Crippen LogP contribution in [0.15, 0.2) is 29.4 Å². The van der Waals surface area contributed by atoms with Crippen molar-refractivity contribution in [3.05, 3.63) is 29.8 Å². The summed E-state index contributed by atoms with van der Waals surface area (Å²) in [5, 5.41) is 4.36. The van der Waals surface area contributed by atoms with Crippen LogP contribution >= 0.6 is 0 Å². The molecule has 1 aliphatic rings. The Kier molecular flexibility index (Phi) is 14.8. The third-order valence-corrected chi connectivity index (χ3v) is 8.05. The summed E-state index contributed by atoms with van der Waals surface area (Å²) in [6, 6.07) is 7.51. The van der Waals surface area contributed by atoms with E-state index in [1.165, 1.54) is 77.0 Å². The Hall–Kier alpha value is -1.76. The van der Waals surface area contributed by atoms with E-state index in [4.69, 9.17) is 5.73 Å². The van der Waals surface area contributed by atoms with Gasteiger partial charge in [-0.15, -0.1) is 5.10 Å². The van der Waals surface area contributed by atoms with Crippen LogP contribution in [0.2, 0.25) is 0 Å². The van der Waals surface area contributed by atoms with E-state index in [1.54, 1.807) is 0 Å². The van der Waals surface area contributed by atoms with Crippen molar-refractivity contribution in [2.24, 2.45) is 5.10 Å². The van der Waals surface area contributed by atoms with Crippen LogP contribution in [0, 0.1) is 0 Å². The van der Waals surface area contributed by atoms with Gasteiger partial charge in [-0.1, -0.05) is 103 Å². The number of piperidine rings is 1. The number of unbranched alkanes of at least 4 members (excludes halogenated alkanes) is 13. The maximum Gasteiger partial charge on any atom is 0.247 e. The molecule has 200 valence electrons. The van der Waals surface area contributed by atoms with Crippen LogP contribution in [0.25, 0.3) is 0 Å². The van der Waals surface area contributed by atoms with Crippen molar-refractivity contribution in [3.8, 4) is 0 Å². The Morgan fingerprint density at radius 2 is 1.40 bits per heavy atom. The lowest BCUT2D eigenvalue weighted by molar-refractivity contribution is 0.341. The van der Waals surface area contributed by atoms with Crippen LogP contribution < -0.4 is 10.6 Å². The van der Waals surface area contributed by atoms with Gasteiger partial charge in [0, 0.05) is 24.3 Å². The number of sulfonamides is 1. The molecule has 0 radical (unpaired) electrons. The second-order valence-corrected chi connectivity index (χ2v) is 11.9. The fraction of sp³-hybridized carbons (Fsp3) is 0.750. The summed E-state index contributed by atoms with van der Waals surface area (Å²) < 4.78 is 25.1. The summed E-state index contributed by atoms with van der Waals surface area (Å²) >= 11 is 0. The molecule has 1 saturated heterocycles. The number of nitrogens with two attached hydrogens (primary N) is 1. The number of nitrogens with one attached hydrogen (secondary N) is 1. The highest BCUT2D eigenvalue weighted by Gasteiger charge is 2.18. The molecule has 1 aromatic carbocycles. The lowest BCUT2D eigenvalue weighted by Gasteiger charge is -2.29. The van der Waals surface area contributed by atoms with Crippen LogP contribution in [-0.2, 0) is 10.0 Å². The highest BCUT2D eigenvalue weighted by atomic mass is 32.2. The Balaban J connectivity index is 1.63. The van der Waals surface area contributed by atoms with Gasteiger partial charge in [0.05, 0.1) is 5.75 Å². The number of likely N-dealkylation sites (tertiary alicyclic amines) is 1. The number of hydrazone groups is 1. The molecule has 1 fully saturated rings. The van der Waals surface area contributed by atoms with Crippen molar-refractivity contribution in [1.29, 1.82) is 0 Å². The van der Waals surface area contributed by atoms with Gasteiger partial charge in [-0.2, -0.15) is 0 Å². The van der Waals surface area contributed by atoms with Gasteiger partial charge in [-0.3, -0.25) is 0 Å². The molecule has 0 atom stereocenters. The summed E-state index contributed by atoms with van der Waals surface area (Å²) in [7, 11) is -3.45. The molecule has 1 aliphatic heterocycles. The zero-order valence-corrected chi connectivity index (χ0v) is 23.0. The summed E-state index contributed by atoms with van der Waals surface area (Å²) in [6.07, 6.45) is 20.9. The van der Waals surface area contributed by atoms with Gasteiger partial charge >= 0.3 is 0 Å². The molecule has 6 nitrogen and oxygen atoms in total. The highest BCUT2D eigenvalue weighted by Crippen LogP contribution is 2.16. The standard InChI is InChI=1S/C28H50N4O2S/c1-2-3-4-5-6-7-8-9-10-11-12-13-14-18-24-35(33,34)31-30-28(32-22-16-15-17-23-32)26-20-19-21-27(29)25-26/h19-21,25,31H,2-18,22-24,29H2,1H3/b30-28+. The number of nitrogens with zero attached hydrogens (tertiary/aromatic N) is 2. The van der Waals surface area contributed by atoms with E-state index in [2.05, 4.69) is 21.8 Å². The average molecular weight is 507 g/mol. The fourth-order valence-electron chi connectivity index (χ4n) is 4.75. The van der Waals surface area contributed by atoms with E-state index >= 15 is 0 Å². The van der Waals surface area contributed by atoms with Gasteiger partial charge in [0.15, 0.2) is 5.84 Å². The smallest absolute Gasteiger partial charge is 0.247 e. The molecule has 7 heteroatoms. The predicted molar refractivity (Wildman–Crippen MR) is 150 cm³/mol. The minimum atomic E-state index is -3.45. The van der Waals surface area contributed by atoms with Crippen LogP contribution in [-0.4, -0.2) is 38.0 Å². The predicted octanol–water partition coefficient (Wildman–Crippen LogP) is 6.82. The first kappa shape index (κ1) is 29.5. The Morgan fingerprint density at radius 3 is 1.94 bits per heavy atom. The molecule has 1 heterocycles. The van der Waals surface area contributed by atoms with E-state index in [1.807, 2.05) is 24.3 Å². The number of amidine groups is 1. The molecule has 1 aromatic rings. The second kappa shape index (κ2) is 17.6. The average Bonchev–Trinajstić information content (AvgIpc) is 2.85. The Morgan fingerprint density at radius 1 is 0.857 bits per heavy atom.